The molecule has 23 heavy (non-hydrogen) atoms. The Hall–Kier alpha value is -2.33. The molecule has 0 aliphatic carbocycles. The number of nitrogens with one attached hydrogen (secondary N) is 1. The minimum atomic E-state index is -0.454. The predicted molar refractivity (Wildman–Crippen MR) is 90.7 cm³/mol. The van der Waals surface area contributed by atoms with Crippen LogP contribution in [0.15, 0.2) is 48.5 Å². The number of carbonyl (C=O) groups excluding carboxylic acids is 1. The molecule has 2 aromatic rings. The maximum Gasteiger partial charge on any atom is 0.255 e. The molecule has 0 bridgehead atoms. The fourth-order valence-corrected chi connectivity index (χ4v) is 2.62. The third-order valence-electron chi connectivity index (χ3n) is 3.80. The van der Waals surface area contributed by atoms with Gasteiger partial charge in [0.05, 0.1) is 11.7 Å². The van der Waals surface area contributed by atoms with Gasteiger partial charge in [-0.25, -0.2) is 0 Å². The third-order valence-corrected chi connectivity index (χ3v) is 3.80. The van der Waals surface area contributed by atoms with Crippen LogP contribution in [0.3, 0.4) is 0 Å². The molecule has 0 heterocycles. The van der Waals surface area contributed by atoms with Crippen molar-refractivity contribution in [2.24, 2.45) is 0 Å². The van der Waals surface area contributed by atoms with Crippen LogP contribution in [0, 0.1) is 6.92 Å². The average Bonchev–Trinajstić information content (AvgIpc) is 2.51. The highest BCUT2D eigenvalue weighted by Gasteiger charge is 2.17. The summed E-state index contributed by atoms with van der Waals surface area (Å²) in [5.41, 5.74) is 2.23. The van der Waals surface area contributed by atoms with Gasteiger partial charge in [0.1, 0.15) is 5.75 Å². The lowest BCUT2D eigenvalue weighted by molar-refractivity contribution is 0.0943. The molecule has 4 heteroatoms. The van der Waals surface area contributed by atoms with E-state index in [2.05, 4.69) is 5.32 Å². The van der Waals surface area contributed by atoms with Gasteiger partial charge < -0.3 is 15.5 Å². The van der Waals surface area contributed by atoms with Gasteiger partial charge in [0.2, 0.25) is 0 Å². The van der Waals surface area contributed by atoms with E-state index in [9.17, 15) is 15.0 Å². The smallest absolute Gasteiger partial charge is 0.255 e. The number of rotatable bonds is 6. The maximum atomic E-state index is 12.3. The first kappa shape index (κ1) is 17.0. The number of hydrogen-bond donors (Lipinski definition) is 3. The first-order valence-corrected chi connectivity index (χ1v) is 7.78. The molecular weight excluding hydrogens is 290 g/mol. The van der Waals surface area contributed by atoms with Crippen LogP contribution in [0.4, 0.5) is 0 Å². The van der Waals surface area contributed by atoms with Crippen molar-refractivity contribution in [3.05, 3.63) is 65.2 Å². The molecule has 2 atom stereocenters. The van der Waals surface area contributed by atoms with Gasteiger partial charge in [0.25, 0.3) is 5.91 Å². The molecule has 0 aliphatic heterocycles. The van der Waals surface area contributed by atoms with Gasteiger partial charge >= 0.3 is 0 Å². The van der Waals surface area contributed by atoms with Gasteiger partial charge in [-0.15, -0.1) is 0 Å². The van der Waals surface area contributed by atoms with Gasteiger partial charge in [0.15, 0.2) is 0 Å². The third kappa shape index (κ3) is 4.83. The lowest BCUT2D eigenvalue weighted by atomic mass is 9.93. The fourth-order valence-electron chi connectivity index (χ4n) is 2.62. The molecule has 2 unspecified atom stereocenters. The SMILES string of the molecule is Cc1ccc(C(=O)NCC(CC(C)O)c2ccccc2)c(O)c1. The van der Waals surface area contributed by atoms with Gasteiger partial charge in [-0.2, -0.15) is 0 Å². The van der Waals surface area contributed by atoms with Crippen molar-refractivity contribution >= 4 is 5.91 Å². The summed E-state index contributed by atoms with van der Waals surface area (Å²) in [5.74, 6) is -0.309. The molecule has 0 saturated carbocycles. The summed E-state index contributed by atoms with van der Waals surface area (Å²) in [5, 5.41) is 22.4. The number of aliphatic hydroxyl groups is 1. The Morgan fingerprint density at radius 2 is 1.87 bits per heavy atom. The van der Waals surface area contributed by atoms with Gasteiger partial charge in [-0.1, -0.05) is 36.4 Å². The van der Waals surface area contributed by atoms with Crippen LogP contribution in [-0.2, 0) is 0 Å². The molecule has 4 nitrogen and oxygen atoms in total. The predicted octanol–water partition coefficient (Wildman–Crippen LogP) is 2.99. The van der Waals surface area contributed by atoms with Crippen LogP contribution >= 0.6 is 0 Å². The Kier molecular flexibility index (Phi) is 5.77. The summed E-state index contributed by atoms with van der Waals surface area (Å²) in [6.45, 7) is 4.00. The quantitative estimate of drug-likeness (QED) is 0.768. The lowest BCUT2D eigenvalue weighted by Gasteiger charge is -2.20. The number of aryl methyl sites for hydroxylation is 1. The number of phenols is 1. The van der Waals surface area contributed by atoms with Crippen LogP contribution in [-0.4, -0.2) is 28.8 Å². The second-order valence-corrected chi connectivity index (χ2v) is 5.92. The number of carbonyl (C=O) groups is 1. The molecule has 0 spiro atoms. The molecule has 2 rings (SSSR count). The number of hydrogen-bond acceptors (Lipinski definition) is 3. The highest BCUT2D eigenvalue weighted by molar-refractivity contribution is 5.96. The van der Waals surface area contributed by atoms with Crippen molar-refractivity contribution < 1.29 is 15.0 Å². The topological polar surface area (TPSA) is 69.6 Å². The summed E-state index contributed by atoms with van der Waals surface area (Å²) >= 11 is 0. The van der Waals surface area contributed by atoms with Crippen LogP contribution < -0.4 is 5.32 Å². The molecule has 0 saturated heterocycles. The molecule has 122 valence electrons. The van der Waals surface area contributed by atoms with E-state index in [0.29, 0.717) is 13.0 Å². The van der Waals surface area contributed by atoms with Crippen LogP contribution in [0.5, 0.6) is 5.75 Å². The van der Waals surface area contributed by atoms with Gasteiger partial charge in [0, 0.05) is 12.5 Å². The van der Waals surface area contributed by atoms with Crippen LogP contribution in [0.25, 0.3) is 0 Å². The Morgan fingerprint density at radius 3 is 2.48 bits per heavy atom. The summed E-state index contributed by atoms with van der Waals surface area (Å²) < 4.78 is 0. The first-order chi connectivity index (χ1) is 11.0. The highest BCUT2D eigenvalue weighted by atomic mass is 16.3. The zero-order valence-corrected chi connectivity index (χ0v) is 13.5. The van der Waals surface area contributed by atoms with E-state index in [1.165, 1.54) is 0 Å². The van der Waals surface area contributed by atoms with E-state index in [-0.39, 0.29) is 23.1 Å². The molecular formula is C19H23NO3. The van der Waals surface area contributed by atoms with Crippen molar-refractivity contribution in [3.8, 4) is 5.75 Å². The summed E-state index contributed by atoms with van der Waals surface area (Å²) in [4.78, 5) is 12.3. The average molecular weight is 313 g/mol. The molecule has 0 fully saturated rings. The normalized spacial score (nSPS) is 13.3. The lowest BCUT2D eigenvalue weighted by Crippen LogP contribution is -2.29. The Morgan fingerprint density at radius 1 is 1.17 bits per heavy atom. The Balaban J connectivity index is 2.07. The molecule has 3 N–H and O–H groups in total. The van der Waals surface area contributed by atoms with E-state index >= 15 is 0 Å². The minimum Gasteiger partial charge on any atom is -0.507 e. The van der Waals surface area contributed by atoms with Gasteiger partial charge in [-0.05, 0) is 43.5 Å². The van der Waals surface area contributed by atoms with Gasteiger partial charge in [-0.3, -0.25) is 4.79 Å². The largest absolute Gasteiger partial charge is 0.507 e. The number of benzene rings is 2. The van der Waals surface area contributed by atoms with Crippen molar-refractivity contribution in [1.82, 2.24) is 5.32 Å². The number of aromatic hydroxyl groups is 1. The van der Waals surface area contributed by atoms with E-state index < -0.39 is 6.10 Å². The fraction of sp³-hybridized carbons (Fsp3) is 0.316. The molecule has 2 aromatic carbocycles. The minimum absolute atomic E-state index is 0.0192. The van der Waals surface area contributed by atoms with E-state index in [1.54, 1.807) is 25.1 Å². The van der Waals surface area contributed by atoms with E-state index in [1.807, 2.05) is 37.3 Å². The highest BCUT2D eigenvalue weighted by Crippen LogP contribution is 2.22. The second kappa shape index (κ2) is 7.79. The molecule has 1 amide bonds. The summed E-state index contributed by atoms with van der Waals surface area (Å²) in [7, 11) is 0. The van der Waals surface area contributed by atoms with Crippen LogP contribution in [0.2, 0.25) is 0 Å². The van der Waals surface area contributed by atoms with Crippen molar-refractivity contribution in [1.29, 1.82) is 0 Å². The van der Waals surface area contributed by atoms with E-state index in [0.717, 1.165) is 11.1 Å². The zero-order valence-electron chi connectivity index (χ0n) is 13.5. The Bertz CT molecular complexity index is 653. The standard InChI is InChI=1S/C19H23NO3/c1-13-8-9-17(18(22)10-13)19(23)20-12-16(11-14(2)21)15-6-4-3-5-7-15/h3-10,14,16,21-22H,11-12H2,1-2H3,(H,20,23). The molecule has 0 aromatic heterocycles. The summed E-state index contributed by atoms with van der Waals surface area (Å²) in [6.07, 6.45) is 0.106. The van der Waals surface area contributed by atoms with Crippen molar-refractivity contribution in [3.63, 3.8) is 0 Å². The second-order valence-electron chi connectivity index (χ2n) is 5.92. The molecule has 0 aliphatic rings. The maximum absolute atomic E-state index is 12.3. The van der Waals surface area contributed by atoms with Crippen molar-refractivity contribution in [2.75, 3.05) is 6.54 Å². The number of aliphatic hydroxyl groups excluding tert-OH is 1. The Labute approximate surface area is 136 Å². The monoisotopic (exact) mass is 313 g/mol. The van der Waals surface area contributed by atoms with Crippen molar-refractivity contribution in [2.45, 2.75) is 32.3 Å². The summed E-state index contributed by atoms with van der Waals surface area (Å²) in [6, 6.07) is 14.8. The zero-order chi connectivity index (χ0) is 16.8. The first-order valence-electron chi connectivity index (χ1n) is 7.78. The number of amides is 1. The van der Waals surface area contributed by atoms with Crippen LogP contribution in [0.1, 0.15) is 40.7 Å². The molecule has 0 radical (unpaired) electrons. The number of phenolic OH excluding ortho intramolecular Hbond substituents is 1. The van der Waals surface area contributed by atoms with E-state index in [4.69, 9.17) is 0 Å².